The van der Waals surface area contributed by atoms with Gasteiger partial charge in [0.15, 0.2) is 5.13 Å². The summed E-state index contributed by atoms with van der Waals surface area (Å²) in [6, 6.07) is 9.53. The number of carbonyl (C=O) groups is 1. The van der Waals surface area contributed by atoms with Crippen LogP contribution < -0.4 is 5.32 Å². The fourth-order valence-corrected chi connectivity index (χ4v) is 7.32. The molecule has 192 valence electrons. The van der Waals surface area contributed by atoms with Crippen LogP contribution in [-0.2, 0) is 14.8 Å². The van der Waals surface area contributed by atoms with E-state index < -0.39 is 21.9 Å². The monoisotopic (exact) mass is 531 g/mol. The van der Waals surface area contributed by atoms with Crippen molar-refractivity contribution in [2.75, 3.05) is 38.5 Å². The van der Waals surface area contributed by atoms with E-state index in [0.717, 1.165) is 42.6 Å². The summed E-state index contributed by atoms with van der Waals surface area (Å²) < 4.78 is 41.2. The number of aromatic nitrogens is 2. The Morgan fingerprint density at radius 3 is 2.47 bits per heavy atom. The van der Waals surface area contributed by atoms with E-state index in [1.54, 1.807) is 30.3 Å². The zero-order chi connectivity index (χ0) is 25.3. The molecule has 5 rings (SSSR count). The molecular formula is C25H30FN5O3S2. The summed E-state index contributed by atoms with van der Waals surface area (Å²) in [5.74, 6) is -0.781. The Morgan fingerprint density at radius 2 is 1.78 bits per heavy atom. The lowest BCUT2D eigenvalue weighted by molar-refractivity contribution is -0.118. The number of carbonyl (C=O) groups excluding carboxylic acids is 1. The number of benzene rings is 1. The van der Waals surface area contributed by atoms with Gasteiger partial charge >= 0.3 is 0 Å². The van der Waals surface area contributed by atoms with Crippen LogP contribution >= 0.6 is 11.3 Å². The van der Waals surface area contributed by atoms with Gasteiger partial charge in [-0.25, -0.2) is 18.4 Å². The van der Waals surface area contributed by atoms with Crippen molar-refractivity contribution >= 4 is 42.7 Å². The lowest BCUT2D eigenvalue weighted by Gasteiger charge is -2.31. The van der Waals surface area contributed by atoms with Gasteiger partial charge in [-0.2, -0.15) is 8.70 Å². The number of piperazine rings is 1. The van der Waals surface area contributed by atoms with E-state index in [4.69, 9.17) is 0 Å². The minimum Gasteiger partial charge on any atom is -0.304 e. The molecule has 2 fully saturated rings. The Balaban J connectivity index is 1.37. The Morgan fingerprint density at radius 1 is 1.08 bits per heavy atom. The van der Waals surface area contributed by atoms with Gasteiger partial charge in [-0.15, -0.1) is 0 Å². The van der Waals surface area contributed by atoms with Gasteiger partial charge < -0.3 is 10.2 Å². The Kier molecular flexibility index (Phi) is 7.34. The topological polar surface area (TPSA) is 95.5 Å². The predicted octanol–water partition coefficient (Wildman–Crippen LogP) is 4.07. The largest absolute Gasteiger partial charge is 0.304 e. The molecule has 2 aromatic heterocycles. The van der Waals surface area contributed by atoms with Crippen LogP contribution in [0, 0.1) is 11.9 Å². The van der Waals surface area contributed by atoms with Crippen LogP contribution in [0.1, 0.15) is 43.6 Å². The maximum atomic E-state index is 13.5. The van der Waals surface area contributed by atoms with Crippen molar-refractivity contribution in [3.05, 3.63) is 47.9 Å². The summed E-state index contributed by atoms with van der Waals surface area (Å²) >= 11 is 1.13. The van der Waals surface area contributed by atoms with Crippen LogP contribution in [0.5, 0.6) is 0 Å². The van der Waals surface area contributed by atoms with E-state index in [9.17, 15) is 17.6 Å². The van der Waals surface area contributed by atoms with Gasteiger partial charge in [0, 0.05) is 26.2 Å². The maximum Gasteiger partial charge on any atom is 0.243 e. The molecule has 0 bridgehead atoms. The molecule has 36 heavy (non-hydrogen) atoms. The van der Waals surface area contributed by atoms with Crippen molar-refractivity contribution in [3.63, 3.8) is 0 Å². The number of likely N-dealkylation sites (N-methyl/N-ethyl adjacent to an activating group) is 1. The molecule has 0 spiro atoms. The molecule has 0 radical (unpaired) electrons. The second-order valence-corrected chi connectivity index (χ2v) is 12.6. The summed E-state index contributed by atoms with van der Waals surface area (Å²) in [6.45, 7) is 2.34. The molecule has 1 N–H and O–H groups in total. The fraction of sp³-hybridized carbons (Fsp3) is 0.480. The summed E-state index contributed by atoms with van der Waals surface area (Å²) in [6.07, 6.45) is 5.19. The number of hydrogen-bond donors (Lipinski definition) is 1. The van der Waals surface area contributed by atoms with Gasteiger partial charge in [0.25, 0.3) is 0 Å². The number of anilines is 1. The number of thiazole rings is 1. The van der Waals surface area contributed by atoms with Crippen LogP contribution in [0.2, 0.25) is 0 Å². The molecule has 1 aliphatic heterocycles. The van der Waals surface area contributed by atoms with E-state index in [2.05, 4.69) is 20.2 Å². The molecule has 1 aliphatic carbocycles. The van der Waals surface area contributed by atoms with Crippen LogP contribution in [0.3, 0.4) is 0 Å². The molecule has 11 heteroatoms. The number of rotatable bonds is 7. The third-order valence-corrected chi connectivity index (χ3v) is 9.99. The number of nitrogens with one attached hydrogen (secondary N) is 1. The first-order chi connectivity index (χ1) is 17.3. The van der Waals surface area contributed by atoms with Crippen LogP contribution in [0.15, 0.2) is 41.3 Å². The standard InChI is InChI=1S/C25H30FN5O3S2/c1-30-12-14-31(15-13-30)36(33,34)19-8-6-18(7-9-19)20(16-17-4-2-3-5-17)23(32)29-25-27-21-10-11-22(26)28-24(21)35-25/h6-11,17,20H,2-5,12-16H2,1H3,(H,27,29,32)/t20-/m1/s1. The summed E-state index contributed by atoms with van der Waals surface area (Å²) in [4.78, 5) is 24.4. The molecule has 1 atom stereocenters. The van der Waals surface area contributed by atoms with Crippen molar-refractivity contribution in [2.45, 2.75) is 42.9 Å². The number of sulfonamides is 1. The minimum absolute atomic E-state index is 0.198. The molecule has 1 aromatic carbocycles. The third kappa shape index (κ3) is 5.44. The van der Waals surface area contributed by atoms with E-state index in [0.29, 0.717) is 54.0 Å². The number of pyridine rings is 1. The third-order valence-electron chi connectivity index (χ3n) is 7.19. The molecular weight excluding hydrogens is 501 g/mol. The van der Waals surface area contributed by atoms with Crippen molar-refractivity contribution in [3.8, 4) is 0 Å². The van der Waals surface area contributed by atoms with Gasteiger partial charge in [0.2, 0.25) is 21.9 Å². The number of amides is 1. The van der Waals surface area contributed by atoms with Gasteiger partial charge in [-0.05, 0) is 49.2 Å². The highest BCUT2D eigenvalue weighted by Gasteiger charge is 2.30. The van der Waals surface area contributed by atoms with Gasteiger partial charge in [0.1, 0.15) is 10.3 Å². The SMILES string of the molecule is CN1CCN(S(=O)(=O)c2ccc([C@@H](CC3CCCC3)C(=O)Nc3nc4ccc(F)nc4s3)cc2)CC1. The van der Waals surface area contributed by atoms with E-state index in [-0.39, 0.29) is 10.8 Å². The first kappa shape index (κ1) is 25.2. The fourth-order valence-electron chi connectivity index (χ4n) is 5.06. The zero-order valence-electron chi connectivity index (χ0n) is 20.2. The normalized spacial score (nSPS) is 19.1. The molecule has 1 saturated carbocycles. The highest BCUT2D eigenvalue weighted by atomic mass is 32.2. The average Bonchev–Trinajstić information content (AvgIpc) is 3.52. The van der Waals surface area contributed by atoms with Crippen LogP contribution in [0.4, 0.5) is 9.52 Å². The van der Waals surface area contributed by atoms with Crippen LogP contribution in [-0.4, -0.2) is 66.7 Å². The molecule has 1 amide bonds. The first-order valence-corrected chi connectivity index (χ1v) is 14.6. The molecule has 1 saturated heterocycles. The Bertz CT molecular complexity index is 1330. The lowest BCUT2D eigenvalue weighted by atomic mass is 9.87. The van der Waals surface area contributed by atoms with Gasteiger partial charge in [-0.3, -0.25) is 4.79 Å². The van der Waals surface area contributed by atoms with Gasteiger partial charge in [0.05, 0.1) is 10.8 Å². The van der Waals surface area contributed by atoms with Crippen molar-refractivity contribution < 1.29 is 17.6 Å². The van der Waals surface area contributed by atoms with Crippen molar-refractivity contribution in [1.29, 1.82) is 0 Å². The number of nitrogens with zero attached hydrogens (tertiary/aromatic N) is 4. The predicted molar refractivity (Wildman–Crippen MR) is 138 cm³/mol. The number of halogens is 1. The second kappa shape index (κ2) is 10.5. The first-order valence-electron chi connectivity index (χ1n) is 12.3. The highest BCUT2D eigenvalue weighted by Crippen LogP contribution is 2.36. The molecule has 8 nitrogen and oxygen atoms in total. The van der Waals surface area contributed by atoms with E-state index in [1.807, 2.05) is 7.05 Å². The second-order valence-electron chi connectivity index (χ2n) is 9.68. The molecule has 0 unspecified atom stereocenters. The molecule has 2 aliphatic rings. The Labute approximate surface area is 214 Å². The summed E-state index contributed by atoms with van der Waals surface area (Å²) in [7, 11) is -1.59. The minimum atomic E-state index is -3.58. The quantitative estimate of drug-likeness (QED) is 0.462. The number of fused-ring (bicyclic) bond motifs is 1. The van der Waals surface area contributed by atoms with E-state index in [1.165, 1.54) is 10.4 Å². The number of hydrogen-bond acceptors (Lipinski definition) is 7. The zero-order valence-corrected chi connectivity index (χ0v) is 21.8. The lowest BCUT2D eigenvalue weighted by Crippen LogP contribution is -2.47. The van der Waals surface area contributed by atoms with Crippen molar-refractivity contribution in [1.82, 2.24) is 19.2 Å². The smallest absolute Gasteiger partial charge is 0.243 e. The molecule has 3 heterocycles. The maximum absolute atomic E-state index is 13.5. The van der Waals surface area contributed by atoms with Crippen LogP contribution in [0.25, 0.3) is 10.3 Å². The Hall–Kier alpha value is -2.47. The highest BCUT2D eigenvalue weighted by molar-refractivity contribution is 7.89. The van der Waals surface area contributed by atoms with Crippen molar-refractivity contribution in [2.24, 2.45) is 5.92 Å². The van der Waals surface area contributed by atoms with E-state index >= 15 is 0 Å². The summed E-state index contributed by atoms with van der Waals surface area (Å²) in [5, 5.41) is 3.27. The summed E-state index contributed by atoms with van der Waals surface area (Å²) in [5.41, 5.74) is 1.31. The average molecular weight is 532 g/mol. The molecule has 3 aromatic rings. The van der Waals surface area contributed by atoms with Gasteiger partial charge in [-0.1, -0.05) is 49.2 Å².